The van der Waals surface area contributed by atoms with Gasteiger partial charge in [0.05, 0.1) is 33.2 Å². The van der Waals surface area contributed by atoms with Gasteiger partial charge in [-0.1, -0.05) is 24.3 Å². The molecular weight excluding hydrogens is 544 g/mol. The summed E-state index contributed by atoms with van der Waals surface area (Å²) in [6.07, 6.45) is 3.02. The topological polar surface area (TPSA) is 123 Å². The average molecular weight is 573 g/mol. The molecule has 0 saturated heterocycles. The number of rotatable bonds is 11. The summed E-state index contributed by atoms with van der Waals surface area (Å²) >= 11 is 0. The molecule has 42 heavy (non-hydrogen) atoms. The normalized spacial score (nSPS) is 12.1. The van der Waals surface area contributed by atoms with Crippen LogP contribution in [-0.2, 0) is 22.6 Å². The summed E-state index contributed by atoms with van der Waals surface area (Å²) < 4.78 is 38.5. The number of carbonyl (C=O) groups is 2. The minimum atomic E-state index is -1.11. The number of hydrogen-bond acceptors (Lipinski definition) is 9. The molecule has 3 aromatic carbocycles. The number of benzene rings is 3. The Labute approximate surface area is 241 Å². The Bertz CT molecular complexity index is 1650. The van der Waals surface area contributed by atoms with Crippen molar-refractivity contribution in [1.29, 1.82) is 0 Å². The second-order valence-corrected chi connectivity index (χ2v) is 9.17. The van der Waals surface area contributed by atoms with Crippen molar-refractivity contribution in [2.75, 3.05) is 28.1 Å². The molecule has 216 valence electrons. The van der Waals surface area contributed by atoms with Gasteiger partial charge in [0.1, 0.15) is 18.1 Å². The highest BCUT2D eigenvalue weighted by atomic mass is 16.7. The van der Waals surface area contributed by atoms with Crippen molar-refractivity contribution in [3.63, 3.8) is 0 Å². The van der Waals surface area contributed by atoms with Crippen LogP contribution in [0.25, 0.3) is 17.2 Å². The number of hydrogen-bond donors (Lipinski definition) is 1. The fraction of sp³-hybridized carbons (Fsp3) is 0.188. The van der Waals surface area contributed by atoms with Crippen molar-refractivity contribution in [2.45, 2.75) is 13.0 Å². The Morgan fingerprint density at radius 3 is 2.38 bits per heavy atom. The molecule has 0 fully saturated rings. The average Bonchev–Trinajstić information content (AvgIpc) is 3.68. The van der Waals surface area contributed by atoms with Gasteiger partial charge in [-0.3, -0.25) is 0 Å². The van der Waals surface area contributed by atoms with E-state index in [-0.39, 0.29) is 25.4 Å². The zero-order valence-corrected chi connectivity index (χ0v) is 23.2. The lowest BCUT2D eigenvalue weighted by molar-refractivity contribution is -0.132. The summed E-state index contributed by atoms with van der Waals surface area (Å²) in [5.74, 6) is 1.23. The molecule has 10 nitrogen and oxygen atoms in total. The number of fused-ring (bicyclic) bond motifs is 1. The summed E-state index contributed by atoms with van der Waals surface area (Å²) in [7, 11) is 4.36. The smallest absolute Gasteiger partial charge is 0.338 e. The van der Waals surface area contributed by atoms with E-state index in [1.165, 1.54) is 33.7 Å². The second kappa shape index (κ2) is 12.4. The molecular formula is C32H28O10. The summed E-state index contributed by atoms with van der Waals surface area (Å²) in [5.41, 5.74) is 3.10. The Morgan fingerprint density at radius 1 is 0.881 bits per heavy atom. The molecule has 1 aliphatic heterocycles. The van der Waals surface area contributed by atoms with Crippen LogP contribution in [0.15, 0.2) is 76.9 Å². The van der Waals surface area contributed by atoms with E-state index in [1.807, 2.05) is 12.1 Å². The van der Waals surface area contributed by atoms with Gasteiger partial charge >= 0.3 is 11.9 Å². The zero-order valence-electron chi connectivity index (χ0n) is 23.2. The molecule has 1 aliphatic rings. The van der Waals surface area contributed by atoms with Crippen molar-refractivity contribution in [3.8, 4) is 39.9 Å². The highest BCUT2D eigenvalue weighted by molar-refractivity contribution is 5.94. The van der Waals surface area contributed by atoms with Crippen LogP contribution in [0.4, 0.5) is 0 Å². The maximum Gasteiger partial charge on any atom is 0.338 e. The first-order valence-electron chi connectivity index (χ1n) is 12.9. The molecule has 0 radical (unpaired) electrons. The van der Waals surface area contributed by atoms with Gasteiger partial charge in [0.25, 0.3) is 0 Å². The molecule has 10 heteroatoms. The molecule has 0 amide bonds. The summed E-state index contributed by atoms with van der Waals surface area (Å²) in [6.45, 7) is 0.175. The molecule has 4 aromatic rings. The maximum atomic E-state index is 12.3. The van der Waals surface area contributed by atoms with E-state index >= 15 is 0 Å². The molecule has 0 bridgehead atoms. The number of ether oxygens (including phenoxy) is 6. The summed E-state index contributed by atoms with van der Waals surface area (Å²) in [4.78, 5) is 24.5. The van der Waals surface area contributed by atoms with E-state index < -0.39 is 11.9 Å². The molecule has 0 aliphatic carbocycles. The van der Waals surface area contributed by atoms with Crippen LogP contribution in [0.3, 0.4) is 0 Å². The van der Waals surface area contributed by atoms with Crippen LogP contribution in [0.1, 0.15) is 27.2 Å². The third-order valence-corrected chi connectivity index (χ3v) is 6.71. The SMILES string of the molecule is COC(=O)c1ccccc1COc1cc(-c2ccoc2/C=C(\Cc2cc3c(cc2OC)OCO3)C(=O)O)ccc1OC. The van der Waals surface area contributed by atoms with Crippen LogP contribution in [0, 0.1) is 0 Å². The minimum Gasteiger partial charge on any atom is -0.496 e. The van der Waals surface area contributed by atoms with Crippen LogP contribution in [0.2, 0.25) is 0 Å². The van der Waals surface area contributed by atoms with Crippen molar-refractivity contribution in [2.24, 2.45) is 0 Å². The van der Waals surface area contributed by atoms with E-state index in [0.717, 1.165) is 0 Å². The van der Waals surface area contributed by atoms with E-state index in [9.17, 15) is 14.7 Å². The van der Waals surface area contributed by atoms with E-state index in [2.05, 4.69) is 0 Å². The highest BCUT2D eigenvalue weighted by Crippen LogP contribution is 2.40. The molecule has 2 heterocycles. The minimum absolute atomic E-state index is 0.0475. The van der Waals surface area contributed by atoms with Crippen LogP contribution in [-0.4, -0.2) is 45.2 Å². The number of methoxy groups -OCH3 is 3. The van der Waals surface area contributed by atoms with Gasteiger partial charge in [-0.25, -0.2) is 9.59 Å². The number of carboxylic acids is 1. The van der Waals surface area contributed by atoms with Gasteiger partial charge in [0.15, 0.2) is 23.0 Å². The lowest BCUT2D eigenvalue weighted by atomic mass is 10.00. The quantitative estimate of drug-likeness (QED) is 0.175. The molecule has 0 spiro atoms. The number of furan rings is 1. The van der Waals surface area contributed by atoms with Crippen LogP contribution < -0.4 is 23.7 Å². The van der Waals surface area contributed by atoms with Gasteiger partial charge in [0, 0.05) is 34.8 Å². The van der Waals surface area contributed by atoms with E-state index in [4.69, 9.17) is 32.8 Å². The van der Waals surface area contributed by atoms with Gasteiger partial charge < -0.3 is 37.9 Å². The number of esters is 1. The fourth-order valence-electron chi connectivity index (χ4n) is 4.58. The maximum absolute atomic E-state index is 12.3. The highest BCUT2D eigenvalue weighted by Gasteiger charge is 2.21. The fourth-order valence-corrected chi connectivity index (χ4v) is 4.58. The Hall–Kier alpha value is -5.38. The largest absolute Gasteiger partial charge is 0.496 e. The molecule has 0 unspecified atom stereocenters. The van der Waals surface area contributed by atoms with Gasteiger partial charge in [-0.05, 0) is 42.0 Å². The van der Waals surface area contributed by atoms with Crippen molar-refractivity contribution in [1.82, 2.24) is 0 Å². The molecule has 1 aromatic heterocycles. The third-order valence-electron chi connectivity index (χ3n) is 6.71. The van der Waals surface area contributed by atoms with Crippen molar-refractivity contribution < 1.29 is 47.5 Å². The summed E-state index contributed by atoms with van der Waals surface area (Å²) in [6, 6.07) is 17.5. The predicted molar refractivity (Wildman–Crippen MR) is 151 cm³/mol. The predicted octanol–water partition coefficient (Wildman–Crippen LogP) is 5.77. The Balaban J connectivity index is 1.44. The third kappa shape index (κ3) is 5.87. The first-order chi connectivity index (χ1) is 20.4. The standard InChI is InChI=1S/C32H28O10/c1-36-25-9-8-19(13-28(25)40-17-20-6-4-5-7-24(20)32(35)38-3)23-10-11-39-27(23)15-22(31(33)34)12-21-14-29-30(42-18-41-29)16-26(21)37-2/h4-11,13-16H,12,17-18H2,1-3H3,(H,33,34)/b22-15+. The van der Waals surface area contributed by atoms with Gasteiger partial charge in [-0.2, -0.15) is 0 Å². The Kier molecular flexibility index (Phi) is 8.33. The summed E-state index contributed by atoms with van der Waals surface area (Å²) in [5, 5.41) is 10.0. The number of carboxylic acid groups (broad SMARTS) is 1. The first-order valence-corrected chi connectivity index (χ1v) is 12.9. The monoisotopic (exact) mass is 572 g/mol. The first kappa shape index (κ1) is 28.2. The van der Waals surface area contributed by atoms with Gasteiger partial charge in [-0.15, -0.1) is 0 Å². The molecule has 1 N–H and O–H groups in total. The van der Waals surface area contributed by atoms with Crippen LogP contribution >= 0.6 is 0 Å². The van der Waals surface area contributed by atoms with Gasteiger partial charge in [0.2, 0.25) is 6.79 Å². The molecule has 0 saturated carbocycles. The number of aliphatic carboxylic acids is 1. The second-order valence-electron chi connectivity index (χ2n) is 9.17. The van der Waals surface area contributed by atoms with Crippen molar-refractivity contribution >= 4 is 18.0 Å². The molecule has 5 rings (SSSR count). The van der Waals surface area contributed by atoms with E-state index in [1.54, 1.807) is 48.5 Å². The van der Waals surface area contributed by atoms with Crippen LogP contribution in [0.5, 0.6) is 28.7 Å². The lowest BCUT2D eigenvalue weighted by Gasteiger charge is -2.14. The van der Waals surface area contributed by atoms with Crippen molar-refractivity contribution in [3.05, 3.63) is 95.0 Å². The Morgan fingerprint density at radius 2 is 1.64 bits per heavy atom. The molecule has 0 atom stereocenters. The lowest BCUT2D eigenvalue weighted by Crippen LogP contribution is -2.08. The van der Waals surface area contributed by atoms with E-state index in [0.29, 0.717) is 62.3 Å². The number of carbonyl (C=O) groups excluding carboxylic acids is 1. The zero-order chi connectivity index (χ0) is 29.6.